The van der Waals surface area contributed by atoms with E-state index in [-0.39, 0.29) is 31.1 Å². The van der Waals surface area contributed by atoms with Crippen LogP contribution in [0.1, 0.15) is 26.3 Å². The Labute approximate surface area is 146 Å². The summed E-state index contributed by atoms with van der Waals surface area (Å²) < 4.78 is 10.7. The Balaban J connectivity index is 2.76. The third-order valence-electron chi connectivity index (χ3n) is 2.80. The minimum atomic E-state index is -0.956. The van der Waals surface area contributed by atoms with E-state index in [0.29, 0.717) is 22.1 Å². The third kappa shape index (κ3) is 7.06. The van der Waals surface area contributed by atoms with Gasteiger partial charge in [-0.05, 0) is 32.4 Å². The molecule has 0 unspecified atom stereocenters. The fraction of sp³-hybridized carbons (Fsp3) is 0.500. The molecule has 134 valence electrons. The molecule has 24 heavy (non-hydrogen) atoms. The van der Waals surface area contributed by atoms with E-state index in [0.717, 1.165) is 0 Å². The molecule has 0 fully saturated rings. The summed E-state index contributed by atoms with van der Waals surface area (Å²) in [6.07, 6.45) is 0. The number of carboxylic acid groups (broad SMARTS) is 1. The van der Waals surface area contributed by atoms with E-state index >= 15 is 0 Å². The first-order valence-corrected chi connectivity index (χ1v) is 7.73. The van der Waals surface area contributed by atoms with Gasteiger partial charge in [0.2, 0.25) is 0 Å². The van der Waals surface area contributed by atoms with Crippen molar-refractivity contribution < 1.29 is 24.2 Å². The molecule has 0 atom stereocenters. The van der Waals surface area contributed by atoms with Crippen molar-refractivity contribution in [1.29, 1.82) is 0 Å². The lowest BCUT2D eigenvalue weighted by Crippen LogP contribution is -2.43. The maximum Gasteiger partial charge on any atom is 0.317 e. The Bertz CT molecular complexity index is 599. The van der Waals surface area contributed by atoms with Crippen molar-refractivity contribution in [2.45, 2.75) is 32.9 Å². The first kappa shape index (κ1) is 20.1. The van der Waals surface area contributed by atoms with Crippen LogP contribution in [0.3, 0.4) is 0 Å². The van der Waals surface area contributed by atoms with Gasteiger partial charge in [-0.3, -0.25) is 9.59 Å². The number of benzene rings is 1. The van der Waals surface area contributed by atoms with E-state index in [4.69, 9.17) is 26.2 Å². The van der Waals surface area contributed by atoms with Gasteiger partial charge >= 0.3 is 5.97 Å². The summed E-state index contributed by atoms with van der Waals surface area (Å²) in [6, 6.07) is 3.19. The highest BCUT2D eigenvalue weighted by atomic mass is 35.5. The van der Waals surface area contributed by atoms with Gasteiger partial charge in [-0.2, -0.15) is 0 Å². The first-order valence-electron chi connectivity index (χ1n) is 7.35. The Hall–Kier alpha value is -1.99. The second-order valence-corrected chi connectivity index (χ2v) is 6.59. The van der Waals surface area contributed by atoms with Gasteiger partial charge in [-0.15, -0.1) is 0 Å². The van der Waals surface area contributed by atoms with Gasteiger partial charge in [-0.25, -0.2) is 0 Å². The molecular formula is C16H23ClN2O5. The quantitative estimate of drug-likeness (QED) is 0.656. The van der Waals surface area contributed by atoms with Crippen molar-refractivity contribution in [3.8, 4) is 11.5 Å². The van der Waals surface area contributed by atoms with E-state index < -0.39 is 5.97 Å². The summed E-state index contributed by atoms with van der Waals surface area (Å²) in [5, 5.41) is 14.6. The van der Waals surface area contributed by atoms with Gasteiger partial charge in [0.15, 0.2) is 18.1 Å². The normalized spacial score (nSPS) is 11.0. The largest absolute Gasteiger partial charge is 0.493 e. The molecule has 3 N–H and O–H groups in total. The van der Waals surface area contributed by atoms with Gasteiger partial charge in [-0.1, -0.05) is 11.6 Å². The van der Waals surface area contributed by atoms with Gasteiger partial charge in [0.05, 0.1) is 13.7 Å². The van der Waals surface area contributed by atoms with Crippen LogP contribution in [0.2, 0.25) is 5.02 Å². The van der Waals surface area contributed by atoms with Crippen molar-refractivity contribution in [2.24, 2.45) is 0 Å². The van der Waals surface area contributed by atoms with E-state index in [1.54, 1.807) is 12.1 Å². The van der Waals surface area contributed by atoms with Gasteiger partial charge < -0.3 is 25.2 Å². The molecule has 0 spiro atoms. The minimum Gasteiger partial charge on any atom is -0.493 e. The number of rotatable bonds is 8. The molecule has 0 aliphatic carbocycles. The second-order valence-electron chi connectivity index (χ2n) is 6.18. The molecular weight excluding hydrogens is 336 g/mol. The molecule has 0 saturated carbocycles. The summed E-state index contributed by atoms with van der Waals surface area (Å²) in [7, 11) is 1.47. The summed E-state index contributed by atoms with van der Waals surface area (Å²) in [5.74, 6) is -0.459. The fourth-order valence-electron chi connectivity index (χ4n) is 1.89. The van der Waals surface area contributed by atoms with Crippen LogP contribution in [0.4, 0.5) is 0 Å². The van der Waals surface area contributed by atoms with E-state index in [1.807, 2.05) is 20.8 Å². The molecule has 0 aliphatic rings. The molecule has 0 heterocycles. The predicted molar refractivity (Wildman–Crippen MR) is 90.7 cm³/mol. The minimum absolute atomic E-state index is 0.166. The van der Waals surface area contributed by atoms with Crippen molar-refractivity contribution in [3.05, 3.63) is 22.7 Å². The van der Waals surface area contributed by atoms with Crippen molar-refractivity contribution in [3.63, 3.8) is 0 Å². The average Bonchev–Trinajstić information content (AvgIpc) is 2.44. The molecule has 0 saturated heterocycles. The van der Waals surface area contributed by atoms with Crippen LogP contribution in [0.15, 0.2) is 12.1 Å². The number of halogens is 1. The summed E-state index contributed by atoms with van der Waals surface area (Å²) in [6.45, 7) is 5.56. The highest BCUT2D eigenvalue weighted by molar-refractivity contribution is 6.31. The number of amides is 1. The first-order chi connectivity index (χ1) is 11.1. The third-order valence-corrected chi connectivity index (χ3v) is 3.15. The molecule has 8 heteroatoms. The molecule has 1 amide bonds. The molecule has 1 aromatic rings. The highest BCUT2D eigenvalue weighted by Gasteiger charge is 2.16. The van der Waals surface area contributed by atoms with Crippen LogP contribution in [0.25, 0.3) is 0 Å². The number of nitrogens with one attached hydrogen (secondary N) is 2. The Morgan fingerprint density at radius 2 is 1.92 bits per heavy atom. The van der Waals surface area contributed by atoms with Crippen LogP contribution in [-0.2, 0) is 16.1 Å². The number of carboxylic acids is 1. The van der Waals surface area contributed by atoms with Crippen LogP contribution in [0.5, 0.6) is 11.5 Å². The lowest BCUT2D eigenvalue weighted by molar-refractivity contribution is -0.136. The van der Waals surface area contributed by atoms with Gasteiger partial charge in [0.25, 0.3) is 5.91 Å². The number of hydrogen-bond acceptors (Lipinski definition) is 5. The zero-order chi connectivity index (χ0) is 18.3. The van der Waals surface area contributed by atoms with E-state index in [2.05, 4.69) is 10.6 Å². The lowest BCUT2D eigenvalue weighted by Gasteiger charge is -2.21. The topological polar surface area (TPSA) is 96.9 Å². The molecule has 1 rings (SSSR count). The van der Waals surface area contributed by atoms with Gasteiger partial charge in [0, 0.05) is 23.2 Å². The number of methoxy groups -OCH3 is 1. The van der Waals surface area contributed by atoms with Crippen molar-refractivity contribution in [2.75, 3.05) is 20.3 Å². The monoisotopic (exact) mass is 358 g/mol. The SMILES string of the molecule is COc1cc(CNCC(=O)O)c(Cl)cc1OCC(=O)NC(C)(C)C. The molecule has 0 aromatic heterocycles. The maximum atomic E-state index is 11.8. The summed E-state index contributed by atoms with van der Waals surface area (Å²) in [5.41, 5.74) is 0.322. The number of ether oxygens (including phenoxy) is 2. The zero-order valence-electron chi connectivity index (χ0n) is 14.2. The smallest absolute Gasteiger partial charge is 0.317 e. The molecule has 1 aromatic carbocycles. The average molecular weight is 359 g/mol. The highest BCUT2D eigenvalue weighted by Crippen LogP contribution is 2.33. The van der Waals surface area contributed by atoms with Crippen molar-refractivity contribution >= 4 is 23.5 Å². The number of hydrogen-bond donors (Lipinski definition) is 3. The van der Waals surface area contributed by atoms with Crippen molar-refractivity contribution in [1.82, 2.24) is 10.6 Å². The second kappa shape index (κ2) is 8.75. The summed E-state index contributed by atoms with van der Waals surface area (Å²) >= 11 is 6.17. The van der Waals surface area contributed by atoms with Crippen LogP contribution >= 0.6 is 11.6 Å². The lowest BCUT2D eigenvalue weighted by atomic mass is 10.1. The molecule has 7 nitrogen and oxygen atoms in total. The Kier molecular flexibility index (Phi) is 7.31. The zero-order valence-corrected chi connectivity index (χ0v) is 15.0. The maximum absolute atomic E-state index is 11.8. The molecule has 0 radical (unpaired) electrons. The fourth-order valence-corrected chi connectivity index (χ4v) is 2.11. The van der Waals surface area contributed by atoms with Crippen LogP contribution in [-0.4, -0.2) is 42.8 Å². The standard InChI is InChI=1S/C16H23ClN2O5/c1-16(2,3)19-14(20)9-24-13-6-11(17)10(5-12(13)23-4)7-18-8-15(21)22/h5-6,18H,7-9H2,1-4H3,(H,19,20)(H,21,22). The van der Waals surface area contributed by atoms with E-state index in [1.165, 1.54) is 7.11 Å². The summed E-state index contributed by atoms with van der Waals surface area (Å²) in [4.78, 5) is 22.3. The Morgan fingerprint density at radius 3 is 2.46 bits per heavy atom. The van der Waals surface area contributed by atoms with E-state index in [9.17, 15) is 9.59 Å². The molecule has 0 aliphatic heterocycles. The predicted octanol–water partition coefficient (Wildman–Crippen LogP) is 1.82. The van der Waals surface area contributed by atoms with Gasteiger partial charge in [0.1, 0.15) is 0 Å². The van der Waals surface area contributed by atoms with Crippen LogP contribution < -0.4 is 20.1 Å². The number of carbonyl (C=O) groups is 2. The number of carbonyl (C=O) groups excluding carboxylic acids is 1. The Morgan fingerprint density at radius 1 is 1.25 bits per heavy atom. The van der Waals surface area contributed by atoms with Crippen LogP contribution in [0, 0.1) is 0 Å². The molecule has 0 bridgehead atoms. The number of aliphatic carboxylic acids is 1.